The van der Waals surface area contributed by atoms with E-state index in [-0.39, 0.29) is 11.5 Å². The molecule has 0 radical (unpaired) electrons. The second-order valence-corrected chi connectivity index (χ2v) is 11.9. The molecule has 0 fully saturated rings. The van der Waals surface area contributed by atoms with Crippen molar-refractivity contribution >= 4 is 11.8 Å². The molecule has 0 amide bonds. The fourth-order valence-electron chi connectivity index (χ4n) is 4.88. The number of rotatable bonds is 16. The summed E-state index contributed by atoms with van der Waals surface area (Å²) in [7, 11) is 0. The summed E-state index contributed by atoms with van der Waals surface area (Å²) in [6.07, 6.45) is 16.2. The van der Waals surface area contributed by atoms with Gasteiger partial charge in [0.2, 0.25) is 0 Å². The summed E-state index contributed by atoms with van der Waals surface area (Å²) in [6, 6.07) is 31.1. The van der Waals surface area contributed by atoms with E-state index < -0.39 is 0 Å². The number of hydrogen-bond acceptors (Lipinski definition) is 4. The first-order chi connectivity index (χ1) is 20.6. The van der Waals surface area contributed by atoms with Crippen LogP contribution in [0.15, 0.2) is 107 Å². The Bertz CT molecular complexity index is 1180. The number of hydrogen-bond donors (Lipinski definition) is 3. The maximum absolute atomic E-state index is 10.3. The van der Waals surface area contributed by atoms with Crippen LogP contribution in [0, 0.1) is 0 Å². The van der Waals surface area contributed by atoms with Crippen LogP contribution >= 0.6 is 11.8 Å². The highest BCUT2D eigenvalue weighted by Gasteiger charge is 2.11. The van der Waals surface area contributed by atoms with E-state index in [4.69, 9.17) is 5.11 Å². The quantitative estimate of drug-likeness (QED) is 0.115. The lowest BCUT2D eigenvalue weighted by Gasteiger charge is -2.11. The lowest BCUT2D eigenvalue weighted by Crippen LogP contribution is -1.84. The molecule has 4 aromatic rings. The molecule has 0 aliphatic heterocycles. The molecule has 0 saturated carbocycles. The highest BCUT2D eigenvalue weighted by Crippen LogP contribution is 2.42. The van der Waals surface area contributed by atoms with E-state index >= 15 is 0 Å². The molecule has 0 aliphatic rings. The van der Waals surface area contributed by atoms with Crippen molar-refractivity contribution < 1.29 is 15.3 Å². The molecule has 224 valence electrons. The lowest BCUT2D eigenvalue weighted by molar-refractivity contribution is 0.282. The summed E-state index contributed by atoms with van der Waals surface area (Å²) in [5, 5.41) is 29.2. The number of phenolic OH excluding ortho intramolecular Hbond substituents is 2. The Balaban J connectivity index is 0.000000277. The number of aromatic hydroxyl groups is 2. The maximum Gasteiger partial charge on any atom is 0.129 e. The van der Waals surface area contributed by atoms with Gasteiger partial charge in [0.1, 0.15) is 11.5 Å². The van der Waals surface area contributed by atoms with E-state index in [1.54, 1.807) is 12.1 Å². The first-order valence-corrected chi connectivity index (χ1v) is 16.5. The Morgan fingerprint density at radius 1 is 0.452 bits per heavy atom. The van der Waals surface area contributed by atoms with Crippen LogP contribution in [-0.2, 0) is 0 Å². The molecule has 0 unspecified atom stereocenters. The van der Waals surface area contributed by atoms with E-state index in [1.807, 2.05) is 84.9 Å². The van der Waals surface area contributed by atoms with Gasteiger partial charge in [-0.3, -0.25) is 0 Å². The fraction of sp³-hybridized carbons (Fsp3) is 0.368. The van der Waals surface area contributed by atoms with Crippen LogP contribution < -0.4 is 0 Å². The number of aliphatic hydroxyl groups excluding tert-OH is 1. The predicted octanol–water partition coefficient (Wildman–Crippen LogP) is 11.3. The topological polar surface area (TPSA) is 60.7 Å². The molecule has 0 aromatic heterocycles. The molecule has 42 heavy (non-hydrogen) atoms. The van der Waals surface area contributed by atoms with Gasteiger partial charge in [0, 0.05) is 6.61 Å². The molecule has 0 aliphatic carbocycles. The molecule has 0 spiro atoms. The van der Waals surface area contributed by atoms with Gasteiger partial charge >= 0.3 is 0 Å². The molecule has 3 N–H and O–H groups in total. The Morgan fingerprint density at radius 2 is 0.833 bits per heavy atom. The van der Waals surface area contributed by atoms with Crippen LogP contribution in [0.5, 0.6) is 11.5 Å². The second-order valence-electron chi connectivity index (χ2n) is 10.8. The molecular formula is C38H48O3S. The Kier molecular flexibility index (Phi) is 15.7. The van der Waals surface area contributed by atoms with Crippen molar-refractivity contribution in [2.45, 2.75) is 93.8 Å². The summed E-state index contributed by atoms with van der Waals surface area (Å²) in [6.45, 7) is 2.64. The minimum absolute atomic E-state index is 0.198. The smallest absolute Gasteiger partial charge is 0.129 e. The van der Waals surface area contributed by atoms with Crippen LogP contribution in [0.1, 0.15) is 84.0 Å². The molecule has 0 bridgehead atoms. The zero-order valence-electron chi connectivity index (χ0n) is 25.2. The van der Waals surface area contributed by atoms with E-state index in [1.165, 1.54) is 82.4 Å². The van der Waals surface area contributed by atoms with Crippen LogP contribution in [0.4, 0.5) is 0 Å². The molecule has 3 nitrogen and oxygen atoms in total. The second kappa shape index (κ2) is 19.8. The highest BCUT2D eigenvalue weighted by atomic mass is 32.2. The normalized spacial score (nSPS) is 10.7. The minimum Gasteiger partial charge on any atom is -0.507 e. The van der Waals surface area contributed by atoms with Gasteiger partial charge in [-0.15, -0.1) is 0 Å². The number of aliphatic hydroxyl groups is 1. The molecule has 0 heterocycles. The number of phenols is 2. The van der Waals surface area contributed by atoms with E-state index in [0.717, 1.165) is 28.7 Å². The van der Waals surface area contributed by atoms with E-state index in [0.29, 0.717) is 16.4 Å². The number of unbranched alkanes of at least 4 members (excludes halogenated alkanes) is 11. The Morgan fingerprint density at radius 3 is 1.21 bits per heavy atom. The summed E-state index contributed by atoms with van der Waals surface area (Å²) >= 11 is 1.36. The van der Waals surface area contributed by atoms with Crippen LogP contribution in [0.3, 0.4) is 0 Å². The van der Waals surface area contributed by atoms with E-state index in [2.05, 4.69) is 6.92 Å². The first-order valence-electron chi connectivity index (χ1n) is 15.7. The SMILES string of the molecule is CCCCCCCCCCCCCCO.Oc1ccc(-c2ccccc2)cc1Sc1cc(-c2ccccc2)ccc1O. The van der Waals surface area contributed by atoms with Crippen molar-refractivity contribution in [3.05, 3.63) is 97.1 Å². The van der Waals surface area contributed by atoms with Gasteiger partial charge in [-0.2, -0.15) is 0 Å². The first kappa shape index (κ1) is 33.3. The van der Waals surface area contributed by atoms with Crippen molar-refractivity contribution in [2.75, 3.05) is 6.61 Å². The Hall–Kier alpha value is -3.21. The van der Waals surface area contributed by atoms with Gasteiger partial charge < -0.3 is 15.3 Å². The predicted molar refractivity (Wildman–Crippen MR) is 179 cm³/mol. The van der Waals surface area contributed by atoms with Crippen molar-refractivity contribution in [2.24, 2.45) is 0 Å². The van der Waals surface area contributed by atoms with Crippen LogP contribution in [0.25, 0.3) is 22.3 Å². The average Bonchev–Trinajstić information content (AvgIpc) is 3.03. The maximum atomic E-state index is 10.3. The van der Waals surface area contributed by atoms with Crippen molar-refractivity contribution in [1.82, 2.24) is 0 Å². The average molecular weight is 585 g/mol. The van der Waals surface area contributed by atoms with Gasteiger partial charge in [0.05, 0.1) is 9.79 Å². The molecule has 0 atom stereocenters. The molecular weight excluding hydrogens is 536 g/mol. The molecule has 0 saturated heterocycles. The van der Waals surface area contributed by atoms with Gasteiger partial charge in [0.15, 0.2) is 0 Å². The van der Waals surface area contributed by atoms with Crippen molar-refractivity contribution in [1.29, 1.82) is 0 Å². The minimum atomic E-state index is 0.198. The molecule has 4 rings (SSSR count). The van der Waals surface area contributed by atoms with Gasteiger partial charge in [-0.25, -0.2) is 0 Å². The zero-order valence-corrected chi connectivity index (χ0v) is 26.0. The monoisotopic (exact) mass is 584 g/mol. The van der Waals surface area contributed by atoms with Gasteiger partial charge in [-0.1, -0.05) is 162 Å². The Labute approximate surface area is 257 Å². The third-order valence-electron chi connectivity index (χ3n) is 7.37. The third kappa shape index (κ3) is 12.0. The van der Waals surface area contributed by atoms with Gasteiger partial charge in [0.25, 0.3) is 0 Å². The van der Waals surface area contributed by atoms with E-state index in [9.17, 15) is 10.2 Å². The molecule has 4 aromatic carbocycles. The highest BCUT2D eigenvalue weighted by molar-refractivity contribution is 7.99. The summed E-state index contributed by atoms with van der Waals surface area (Å²) in [5.74, 6) is 0.397. The number of benzene rings is 4. The largest absolute Gasteiger partial charge is 0.507 e. The summed E-state index contributed by atoms with van der Waals surface area (Å²) < 4.78 is 0. The molecule has 4 heteroatoms. The fourth-order valence-corrected chi connectivity index (χ4v) is 5.84. The van der Waals surface area contributed by atoms with Crippen LogP contribution in [-0.4, -0.2) is 21.9 Å². The standard InChI is InChI=1S/C24H18O2S.C14H30O/c25-21-13-11-19(17-7-3-1-4-8-17)15-23(21)27-24-16-20(12-14-22(24)26)18-9-5-2-6-10-18;1-2-3-4-5-6-7-8-9-10-11-12-13-14-15/h1-16,25-26H;15H,2-14H2,1H3. The summed E-state index contributed by atoms with van der Waals surface area (Å²) in [4.78, 5) is 1.41. The van der Waals surface area contributed by atoms with Gasteiger partial charge in [-0.05, 0) is 52.9 Å². The zero-order chi connectivity index (χ0) is 29.8. The third-order valence-corrected chi connectivity index (χ3v) is 8.46. The van der Waals surface area contributed by atoms with Crippen molar-refractivity contribution in [3.63, 3.8) is 0 Å². The van der Waals surface area contributed by atoms with Crippen LogP contribution in [0.2, 0.25) is 0 Å². The lowest BCUT2D eigenvalue weighted by atomic mass is 10.1. The van der Waals surface area contributed by atoms with Crippen molar-refractivity contribution in [3.8, 4) is 33.8 Å². The summed E-state index contributed by atoms with van der Waals surface area (Å²) in [5.41, 5.74) is 4.22.